The van der Waals surface area contributed by atoms with Crippen molar-refractivity contribution >= 4 is 44.7 Å². The van der Waals surface area contributed by atoms with Crippen LogP contribution in [0.1, 0.15) is 25.7 Å². The average molecular weight is 345 g/mol. The van der Waals surface area contributed by atoms with Gasteiger partial charge in [-0.15, -0.1) is 0 Å². The molecular formula is C13H14BrFN2OS. The number of carbonyl (C=O) groups excluding carboxylic acids is 1. The van der Waals surface area contributed by atoms with E-state index in [0.717, 1.165) is 12.8 Å². The topological polar surface area (TPSA) is 55.1 Å². The highest BCUT2D eigenvalue weighted by Crippen LogP contribution is 2.39. The lowest BCUT2D eigenvalue weighted by Crippen LogP contribution is -2.44. The number of rotatable bonds is 3. The first-order valence-corrected chi connectivity index (χ1v) is 7.22. The molecule has 1 saturated carbocycles. The molecule has 1 aliphatic rings. The molecule has 1 aromatic carbocycles. The number of halogens is 2. The van der Waals surface area contributed by atoms with Crippen molar-refractivity contribution in [3.63, 3.8) is 0 Å². The van der Waals surface area contributed by atoms with Gasteiger partial charge < -0.3 is 11.1 Å². The van der Waals surface area contributed by atoms with Crippen LogP contribution in [-0.4, -0.2) is 10.9 Å². The summed E-state index contributed by atoms with van der Waals surface area (Å²) < 4.78 is 14.3. The molecule has 6 heteroatoms. The summed E-state index contributed by atoms with van der Waals surface area (Å²) in [7, 11) is 0. The predicted octanol–water partition coefficient (Wildman–Crippen LogP) is 3.37. The van der Waals surface area contributed by atoms with Crippen LogP contribution < -0.4 is 11.1 Å². The summed E-state index contributed by atoms with van der Waals surface area (Å²) in [4.78, 5) is 12.6. The molecule has 0 unspecified atom stereocenters. The number of nitrogens with one attached hydrogen (secondary N) is 1. The average Bonchev–Trinajstić information content (AvgIpc) is 2.83. The van der Waals surface area contributed by atoms with Crippen LogP contribution in [0.5, 0.6) is 0 Å². The van der Waals surface area contributed by atoms with Gasteiger partial charge in [0.2, 0.25) is 5.91 Å². The van der Waals surface area contributed by atoms with Crippen molar-refractivity contribution < 1.29 is 9.18 Å². The maximum absolute atomic E-state index is 13.7. The van der Waals surface area contributed by atoms with Gasteiger partial charge in [0, 0.05) is 4.47 Å². The molecule has 0 atom stereocenters. The fraction of sp³-hybridized carbons (Fsp3) is 0.385. The van der Waals surface area contributed by atoms with Crippen LogP contribution in [0.4, 0.5) is 10.1 Å². The molecule has 102 valence electrons. The second-order valence-corrected chi connectivity index (χ2v) is 6.09. The molecule has 1 aliphatic carbocycles. The van der Waals surface area contributed by atoms with Gasteiger partial charge in [-0.1, -0.05) is 41.0 Å². The van der Waals surface area contributed by atoms with Crippen molar-refractivity contribution in [1.29, 1.82) is 0 Å². The van der Waals surface area contributed by atoms with Crippen LogP contribution in [-0.2, 0) is 4.79 Å². The molecule has 0 bridgehead atoms. The highest BCUT2D eigenvalue weighted by Gasteiger charge is 2.44. The summed E-state index contributed by atoms with van der Waals surface area (Å²) >= 11 is 8.20. The van der Waals surface area contributed by atoms with E-state index in [1.54, 1.807) is 6.07 Å². The van der Waals surface area contributed by atoms with Gasteiger partial charge in [-0.05, 0) is 31.0 Å². The Morgan fingerprint density at radius 2 is 2.05 bits per heavy atom. The monoisotopic (exact) mass is 344 g/mol. The first-order chi connectivity index (χ1) is 8.95. The van der Waals surface area contributed by atoms with E-state index < -0.39 is 11.2 Å². The maximum atomic E-state index is 13.7. The summed E-state index contributed by atoms with van der Waals surface area (Å²) in [5.41, 5.74) is 5.04. The molecule has 0 spiro atoms. The van der Waals surface area contributed by atoms with Crippen LogP contribution in [0.2, 0.25) is 0 Å². The van der Waals surface area contributed by atoms with E-state index in [9.17, 15) is 9.18 Å². The highest BCUT2D eigenvalue weighted by atomic mass is 79.9. The third kappa shape index (κ3) is 2.79. The van der Waals surface area contributed by atoms with E-state index in [4.69, 9.17) is 18.0 Å². The van der Waals surface area contributed by atoms with Crippen molar-refractivity contribution in [1.82, 2.24) is 0 Å². The second kappa shape index (κ2) is 5.54. The van der Waals surface area contributed by atoms with Crippen LogP contribution in [0.3, 0.4) is 0 Å². The zero-order valence-electron chi connectivity index (χ0n) is 10.2. The smallest absolute Gasteiger partial charge is 0.237 e. The van der Waals surface area contributed by atoms with Crippen LogP contribution in [0.25, 0.3) is 0 Å². The Bertz CT molecular complexity index is 529. The Hall–Kier alpha value is -1.01. The molecule has 1 fully saturated rings. The minimum atomic E-state index is -0.825. The lowest BCUT2D eigenvalue weighted by atomic mass is 9.85. The summed E-state index contributed by atoms with van der Waals surface area (Å²) in [6, 6.07) is 4.48. The van der Waals surface area contributed by atoms with Gasteiger partial charge >= 0.3 is 0 Å². The van der Waals surface area contributed by atoms with E-state index in [1.165, 1.54) is 12.1 Å². The SMILES string of the molecule is NC(=S)C1(C(=O)Nc2ccc(Br)cc2F)CCCC1. The zero-order chi connectivity index (χ0) is 14.0. The number of thiocarbonyl (C=S) groups is 1. The predicted molar refractivity (Wildman–Crippen MR) is 80.4 cm³/mol. The largest absolute Gasteiger partial charge is 0.392 e. The number of hydrogen-bond acceptors (Lipinski definition) is 2. The van der Waals surface area contributed by atoms with Crippen LogP contribution >= 0.6 is 28.1 Å². The molecule has 0 saturated heterocycles. The molecule has 3 nitrogen and oxygen atoms in total. The number of anilines is 1. The minimum absolute atomic E-state index is 0.149. The Labute approximate surface area is 124 Å². The maximum Gasteiger partial charge on any atom is 0.237 e. The summed E-state index contributed by atoms with van der Waals surface area (Å²) in [6.07, 6.45) is 3.08. The third-order valence-electron chi connectivity index (χ3n) is 3.54. The quantitative estimate of drug-likeness (QED) is 0.826. The fourth-order valence-corrected chi connectivity index (χ4v) is 3.03. The number of carbonyl (C=O) groups is 1. The Kier molecular flexibility index (Phi) is 4.20. The first kappa shape index (κ1) is 14.4. The first-order valence-electron chi connectivity index (χ1n) is 6.02. The molecule has 1 aromatic rings. The van der Waals surface area contributed by atoms with Gasteiger partial charge in [0.05, 0.1) is 16.1 Å². The molecule has 0 aromatic heterocycles. The van der Waals surface area contributed by atoms with Gasteiger partial charge in [-0.3, -0.25) is 4.79 Å². The fourth-order valence-electron chi connectivity index (χ4n) is 2.40. The Morgan fingerprint density at radius 3 is 2.58 bits per heavy atom. The van der Waals surface area contributed by atoms with Crippen LogP contribution in [0, 0.1) is 11.2 Å². The van der Waals surface area contributed by atoms with E-state index in [1.807, 2.05) is 0 Å². The Balaban J connectivity index is 2.22. The lowest BCUT2D eigenvalue weighted by molar-refractivity contribution is -0.122. The molecule has 2 rings (SSSR count). The number of nitrogens with two attached hydrogens (primary N) is 1. The minimum Gasteiger partial charge on any atom is -0.392 e. The van der Waals surface area contributed by atoms with E-state index in [0.29, 0.717) is 17.3 Å². The van der Waals surface area contributed by atoms with Gasteiger partial charge in [-0.2, -0.15) is 0 Å². The van der Waals surface area contributed by atoms with Gasteiger partial charge in [-0.25, -0.2) is 4.39 Å². The zero-order valence-corrected chi connectivity index (χ0v) is 12.6. The second-order valence-electron chi connectivity index (χ2n) is 4.73. The number of hydrogen-bond donors (Lipinski definition) is 2. The highest BCUT2D eigenvalue weighted by molar-refractivity contribution is 9.10. The summed E-state index contributed by atoms with van der Waals surface area (Å²) in [5, 5.41) is 2.60. The summed E-state index contributed by atoms with van der Waals surface area (Å²) in [5.74, 6) is -0.794. The number of amides is 1. The van der Waals surface area contributed by atoms with Gasteiger partial charge in [0.1, 0.15) is 5.82 Å². The molecule has 0 radical (unpaired) electrons. The molecule has 1 amide bonds. The van der Waals surface area contributed by atoms with E-state index in [-0.39, 0.29) is 16.6 Å². The van der Waals surface area contributed by atoms with Crippen LogP contribution in [0.15, 0.2) is 22.7 Å². The molecule has 3 N–H and O–H groups in total. The van der Waals surface area contributed by atoms with Gasteiger partial charge in [0.25, 0.3) is 0 Å². The van der Waals surface area contributed by atoms with Crippen molar-refractivity contribution in [2.45, 2.75) is 25.7 Å². The number of benzene rings is 1. The normalized spacial score (nSPS) is 17.2. The molecule has 19 heavy (non-hydrogen) atoms. The van der Waals surface area contributed by atoms with E-state index >= 15 is 0 Å². The Morgan fingerprint density at radius 1 is 1.42 bits per heavy atom. The van der Waals surface area contributed by atoms with Crippen molar-refractivity contribution in [2.75, 3.05) is 5.32 Å². The lowest BCUT2D eigenvalue weighted by Gasteiger charge is -2.26. The van der Waals surface area contributed by atoms with Crippen molar-refractivity contribution in [2.24, 2.45) is 11.1 Å². The van der Waals surface area contributed by atoms with Gasteiger partial charge in [0.15, 0.2) is 0 Å². The molecular weight excluding hydrogens is 331 g/mol. The van der Waals surface area contributed by atoms with Crippen molar-refractivity contribution in [3.05, 3.63) is 28.5 Å². The van der Waals surface area contributed by atoms with E-state index in [2.05, 4.69) is 21.2 Å². The standard InChI is InChI=1S/C13H14BrFN2OS/c14-8-3-4-10(9(15)7-8)17-12(18)13(11(16)19)5-1-2-6-13/h3-4,7H,1-2,5-6H2,(H2,16,19)(H,17,18). The third-order valence-corrected chi connectivity index (χ3v) is 4.43. The summed E-state index contributed by atoms with van der Waals surface area (Å²) in [6.45, 7) is 0. The molecule has 0 aliphatic heterocycles. The molecule has 0 heterocycles. The van der Waals surface area contributed by atoms with Crippen molar-refractivity contribution in [3.8, 4) is 0 Å².